The first-order valence-electron chi connectivity index (χ1n) is 5.90. The minimum atomic E-state index is -3.11. The van der Waals surface area contributed by atoms with Crippen molar-refractivity contribution >= 4 is 9.84 Å². The normalized spacial score (nSPS) is 11.4. The Kier molecular flexibility index (Phi) is 3.53. The topological polar surface area (TPSA) is 34.1 Å². The van der Waals surface area contributed by atoms with Crippen molar-refractivity contribution in [3.8, 4) is 11.1 Å². The monoisotopic (exact) mass is 260 g/mol. The van der Waals surface area contributed by atoms with Gasteiger partial charge in [0.1, 0.15) is 0 Å². The third kappa shape index (κ3) is 2.79. The largest absolute Gasteiger partial charge is 0.224 e. The van der Waals surface area contributed by atoms with E-state index in [-0.39, 0.29) is 0 Å². The van der Waals surface area contributed by atoms with Crippen LogP contribution in [0.5, 0.6) is 0 Å². The lowest BCUT2D eigenvalue weighted by Crippen LogP contribution is -1.96. The molecule has 0 aliphatic carbocycles. The van der Waals surface area contributed by atoms with Gasteiger partial charge < -0.3 is 0 Å². The molecule has 0 amide bonds. The van der Waals surface area contributed by atoms with E-state index in [4.69, 9.17) is 0 Å². The summed E-state index contributed by atoms with van der Waals surface area (Å²) in [5.41, 5.74) is 3.44. The minimum absolute atomic E-state index is 0.359. The van der Waals surface area contributed by atoms with E-state index in [0.29, 0.717) is 4.90 Å². The lowest BCUT2D eigenvalue weighted by atomic mass is 10.0. The molecule has 0 aliphatic rings. The summed E-state index contributed by atoms with van der Waals surface area (Å²) in [5, 5.41) is 0. The maximum Gasteiger partial charge on any atom is 0.175 e. The van der Waals surface area contributed by atoms with Crippen LogP contribution < -0.4 is 0 Å². The number of hydrogen-bond donors (Lipinski definition) is 0. The third-order valence-electron chi connectivity index (χ3n) is 2.95. The molecule has 0 unspecified atom stereocenters. The van der Waals surface area contributed by atoms with Crippen LogP contribution in [0, 0.1) is 0 Å². The second-order valence-corrected chi connectivity index (χ2v) is 6.37. The first-order chi connectivity index (χ1) is 8.50. The molecule has 0 fully saturated rings. The molecule has 0 saturated carbocycles. The van der Waals surface area contributed by atoms with Crippen LogP contribution in [0.15, 0.2) is 53.4 Å². The second-order valence-electron chi connectivity index (χ2n) is 4.35. The highest BCUT2D eigenvalue weighted by molar-refractivity contribution is 7.90. The minimum Gasteiger partial charge on any atom is -0.224 e. The first-order valence-corrected chi connectivity index (χ1v) is 7.79. The number of hydrogen-bond acceptors (Lipinski definition) is 2. The van der Waals surface area contributed by atoms with Gasteiger partial charge in [-0.3, -0.25) is 0 Å². The van der Waals surface area contributed by atoms with Gasteiger partial charge in [-0.2, -0.15) is 0 Å². The van der Waals surface area contributed by atoms with E-state index in [1.807, 2.05) is 24.3 Å². The number of rotatable bonds is 3. The van der Waals surface area contributed by atoms with Crippen molar-refractivity contribution < 1.29 is 8.42 Å². The van der Waals surface area contributed by atoms with Crippen LogP contribution in [0.3, 0.4) is 0 Å². The lowest BCUT2D eigenvalue weighted by molar-refractivity contribution is 0.602. The molecule has 2 aromatic rings. The van der Waals surface area contributed by atoms with E-state index in [1.165, 1.54) is 11.8 Å². The van der Waals surface area contributed by atoms with Gasteiger partial charge in [0.05, 0.1) is 4.90 Å². The molecule has 2 nitrogen and oxygen atoms in total. The van der Waals surface area contributed by atoms with Crippen LogP contribution in [0.25, 0.3) is 11.1 Å². The second kappa shape index (κ2) is 4.94. The van der Waals surface area contributed by atoms with Gasteiger partial charge in [-0.25, -0.2) is 8.42 Å². The Bertz CT molecular complexity index is 640. The van der Waals surface area contributed by atoms with Crippen molar-refractivity contribution in [2.75, 3.05) is 6.26 Å². The molecule has 94 valence electrons. The molecule has 0 aromatic heterocycles. The van der Waals surface area contributed by atoms with Crippen LogP contribution in [0.1, 0.15) is 12.5 Å². The Hall–Kier alpha value is -1.61. The third-order valence-corrected chi connectivity index (χ3v) is 4.08. The summed E-state index contributed by atoms with van der Waals surface area (Å²) in [5.74, 6) is 0. The van der Waals surface area contributed by atoms with Crippen LogP contribution in [0.2, 0.25) is 0 Å². The standard InChI is InChI=1S/C15H16O2S/c1-3-12-5-4-6-14(11-12)13-7-9-15(10-8-13)18(2,16)17/h4-11H,3H2,1-2H3. The van der Waals surface area contributed by atoms with Gasteiger partial charge in [-0.15, -0.1) is 0 Å². The summed E-state index contributed by atoms with van der Waals surface area (Å²) in [7, 11) is -3.11. The molecule has 0 bridgehead atoms. The lowest BCUT2D eigenvalue weighted by Gasteiger charge is -2.05. The molecule has 0 saturated heterocycles. The highest BCUT2D eigenvalue weighted by Gasteiger charge is 2.06. The van der Waals surface area contributed by atoms with E-state index >= 15 is 0 Å². The molecular weight excluding hydrogens is 244 g/mol. The fourth-order valence-corrected chi connectivity index (χ4v) is 2.50. The van der Waals surface area contributed by atoms with Crippen LogP contribution >= 0.6 is 0 Å². The molecule has 18 heavy (non-hydrogen) atoms. The molecule has 0 radical (unpaired) electrons. The van der Waals surface area contributed by atoms with Gasteiger partial charge in [0.2, 0.25) is 0 Å². The Morgan fingerprint density at radius 2 is 1.61 bits per heavy atom. The fraction of sp³-hybridized carbons (Fsp3) is 0.200. The van der Waals surface area contributed by atoms with Crippen molar-refractivity contribution in [1.29, 1.82) is 0 Å². The van der Waals surface area contributed by atoms with Gasteiger partial charge in [0.25, 0.3) is 0 Å². The highest BCUT2D eigenvalue weighted by atomic mass is 32.2. The van der Waals surface area contributed by atoms with E-state index in [2.05, 4.69) is 19.1 Å². The number of aryl methyl sites for hydroxylation is 1. The summed E-state index contributed by atoms with van der Waals surface area (Å²) in [6, 6.07) is 15.3. The highest BCUT2D eigenvalue weighted by Crippen LogP contribution is 2.22. The number of sulfone groups is 1. The summed E-state index contributed by atoms with van der Waals surface area (Å²) in [6.07, 6.45) is 2.22. The zero-order valence-corrected chi connectivity index (χ0v) is 11.4. The molecule has 0 heterocycles. The van der Waals surface area contributed by atoms with E-state index in [0.717, 1.165) is 17.5 Å². The molecule has 0 aliphatic heterocycles. The van der Waals surface area contributed by atoms with Gasteiger partial charge in [-0.05, 0) is 35.2 Å². The summed E-state index contributed by atoms with van der Waals surface area (Å²) < 4.78 is 22.8. The van der Waals surface area contributed by atoms with E-state index in [9.17, 15) is 8.42 Å². The van der Waals surface area contributed by atoms with E-state index in [1.54, 1.807) is 12.1 Å². The average molecular weight is 260 g/mol. The van der Waals surface area contributed by atoms with Crippen LogP contribution in [-0.2, 0) is 16.3 Å². The van der Waals surface area contributed by atoms with Crippen LogP contribution in [0.4, 0.5) is 0 Å². The first kappa shape index (κ1) is 12.8. The van der Waals surface area contributed by atoms with Crippen molar-refractivity contribution in [3.63, 3.8) is 0 Å². The summed E-state index contributed by atoms with van der Waals surface area (Å²) >= 11 is 0. The van der Waals surface area contributed by atoms with E-state index < -0.39 is 9.84 Å². The predicted octanol–water partition coefficient (Wildman–Crippen LogP) is 3.32. The van der Waals surface area contributed by atoms with Crippen molar-refractivity contribution in [3.05, 3.63) is 54.1 Å². The Morgan fingerprint density at radius 1 is 0.944 bits per heavy atom. The number of benzene rings is 2. The average Bonchev–Trinajstić information content (AvgIpc) is 2.38. The summed E-state index contributed by atoms with van der Waals surface area (Å²) in [4.78, 5) is 0.359. The van der Waals surface area contributed by atoms with Crippen LogP contribution in [-0.4, -0.2) is 14.7 Å². The van der Waals surface area contributed by atoms with Gasteiger partial charge in [0.15, 0.2) is 9.84 Å². The smallest absolute Gasteiger partial charge is 0.175 e. The van der Waals surface area contributed by atoms with Crippen molar-refractivity contribution in [1.82, 2.24) is 0 Å². The zero-order chi connectivity index (χ0) is 13.2. The van der Waals surface area contributed by atoms with Crippen molar-refractivity contribution in [2.45, 2.75) is 18.2 Å². The zero-order valence-electron chi connectivity index (χ0n) is 10.6. The van der Waals surface area contributed by atoms with Gasteiger partial charge in [0, 0.05) is 6.26 Å². The molecular formula is C15H16O2S. The van der Waals surface area contributed by atoms with Gasteiger partial charge >= 0.3 is 0 Å². The Balaban J connectivity index is 2.40. The molecule has 0 atom stereocenters. The maximum atomic E-state index is 11.4. The van der Waals surface area contributed by atoms with Gasteiger partial charge in [-0.1, -0.05) is 43.3 Å². The molecule has 2 rings (SSSR count). The molecule has 3 heteroatoms. The SMILES string of the molecule is CCc1cccc(-c2ccc(S(C)(=O)=O)cc2)c1. The Labute approximate surface area is 108 Å². The fourth-order valence-electron chi connectivity index (χ4n) is 1.87. The summed E-state index contributed by atoms with van der Waals surface area (Å²) in [6.45, 7) is 2.12. The molecule has 2 aromatic carbocycles. The maximum absolute atomic E-state index is 11.4. The quantitative estimate of drug-likeness (QED) is 0.848. The molecule has 0 spiro atoms. The predicted molar refractivity (Wildman–Crippen MR) is 74.4 cm³/mol. The van der Waals surface area contributed by atoms with Crippen molar-refractivity contribution in [2.24, 2.45) is 0 Å². The molecule has 0 N–H and O–H groups in total. The Morgan fingerprint density at radius 3 is 2.17 bits per heavy atom.